The lowest BCUT2D eigenvalue weighted by Crippen LogP contribution is -2.29. The molecule has 4 aromatic rings. The van der Waals surface area contributed by atoms with E-state index in [2.05, 4.69) is 22.2 Å². The first-order valence-corrected chi connectivity index (χ1v) is 10.9. The molecule has 3 aromatic carbocycles. The zero-order valence-electron chi connectivity index (χ0n) is 18.0. The summed E-state index contributed by atoms with van der Waals surface area (Å²) in [7, 11) is 0. The van der Waals surface area contributed by atoms with Gasteiger partial charge in [0.25, 0.3) is 5.91 Å². The Morgan fingerprint density at radius 3 is 2.34 bits per heavy atom. The summed E-state index contributed by atoms with van der Waals surface area (Å²) in [5, 5.41) is 3.17. The molecule has 1 unspecified atom stereocenters. The van der Waals surface area contributed by atoms with Crippen LogP contribution in [0.25, 0.3) is 22.6 Å². The molecule has 0 aliphatic heterocycles. The van der Waals surface area contributed by atoms with E-state index in [1.54, 1.807) is 12.1 Å². The van der Waals surface area contributed by atoms with Crippen LogP contribution in [0.3, 0.4) is 0 Å². The van der Waals surface area contributed by atoms with Crippen LogP contribution in [0.5, 0.6) is 0 Å². The van der Waals surface area contributed by atoms with Gasteiger partial charge in [0.15, 0.2) is 0 Å². The number of aromatic nitrogens is 2. The summed E-state index contributed by atoms with van der Waals surface area (Å²) >= 11 is 0. The van der Waals surface area contributed by atoms with Crippen LogP contribution >= 0.6 is 0 Å². The molecule has 1 aromatic heterocycles. The highest BCUT2D eigenvalue weighted by Gasteiger charge is 2.23. The molecule has 4 nitrogen and oxygen atoms in total. The van der Waals surface area contributed by atoms with Crippen molar-refractivity contribution in [2.24, 2.45) is 0 Å². The van der Waals surface area contributed by atoms with E-state index in [4.69, 9.17) is 0 Å². The molecule has 1 amide bonds. The normalized spacial score (nSPS) is 11.8. The molecule has 1 atom stereocenters. The minimum Gasteiger partial charge on any atom is -0.344 e. The van der Waals surface area contributed by atoms with Gasteiger partial charge in [-0.3, -0.25) is 4.79 Å². The lowest BCUT2D eigenvalue weighted by molar-refractivity contribution is 0.0930. The molecule has 162 valence electrons. The molecular formula is C27H26FN3O. The molecule has 0 spiro atoms. The quantitative estimate of drug-likeness (QED) is 0.335. The second-order valence-corrected chi connectivity index (χ2v) is 7.76. The largest absolute Gasteiger partial charge is 0.344 e. The number of rotatable bonds is 8. The Labute approximate surface area is 187 Å². The van der Waals surface area contributed by atoms with Gasteiger partial charge in [-0.15, -0.1) is 0 Å². The predicted molar refractivity (Wildman–Crippen MR) is 126 cm³/mol. The maximum atomic E-state index is 13.9. The highest BCUT2D eigenvalue weighted by molar-refractivity contribution is 5.99. The van der Waals surface area contributed by atoms with E-state index in [9.17, 15) is 9.18 Å². The zero-order chi connectivity index (χ0) is 22.3. The monoisotopic (exact) mass is 427 g/mol. The maximum Gasteiger partial charge on any atom is 0.270 e. The molecule has 0 saturated heterocycles. The molecule has 0 saturated carbocycles. The summed E-state index contributed by atoms with van der Waals surface area (Å²) in [5.41, 5.74) is 3.23. The van der Waals surface area contributed by atoms with E-state index >= 15 is 0 Å². The Balaban J connectivity index is 1.72. The van der Waals surface area contributed by atoms with Crippen LogP contribution in [0, 0.1) is 5.82 Å². The minimum absolute atomic E-state index is 0.118. The van der Waals surface area contributed by atoms with Crippen molar-refractivity contribution in [1.29, 1.82) is 0 Å². The fourth-order valence-electron chi connectivity index (χ4n) is 3.76. The number of carbonyl (C=O) groups excluding carboxylic acids is 1. The molecule has 2 N–H and O–H groups in total. The number of nitrogens with one attached hydrogen (secondary N) is 2. The molecule has 0 radical (unpaired) electrons. The van der Waals surface area contributed by atoms with E-state index in [1.165, 1.54) is 12.1 Å². The summed E-state index contributed by atoms with van der Waals surface area (Å²) < 4.78 is 13.9. The molecule has 0 bridgehead atoms. The van der Waals surface area contributed by atoms with Gasteiger partial charge in [-0.1, -0.05) is 92.6 Å². The minimum atomic E-state index is -0.372. The van der Waals surface area contributed by atoms with Crippen LogP contribution in [0.1, 0.15) is 48.3 Å². The van der Waals surface area contributed by atoms with Gasteiger partial charge in [-0.25, -0.2) is 9.37 Å². The molecule has 32 heavy (non-hydrogen) atoms. The van der Waals surface area contributed by atoms with Crippen molar-refractivity contribution in [2.75, 3.05) is 0 Å². The van der Waals surface area contributed by atoms with Crippen LogP contribution in [-0.2, 0) is 0 Å². The zero-order valence-corrected chi connectivity index (χ0v) is 18.0. The summed E-state index contributed by atoms with van der Waals surface area (Å²) in [6.07, 6.45) is 2.87. The summed E-state index contributed by atoms with van der Waals surface area (Å²) in [4.78, 5) is 21.3. The van der Waals surface area contributed by atoms with E-state index < -0.39 is 0 Å². The van der Waals surface area contributed by atoms with Gasteiger partial charge in [0.05, 0.1) is 6.04 Å². The Bertz CT molecular complexity index is 1170. The fraction of sp³-hybridized carbons (Fsp3) is 0.185. The lowest BCUT2D eigenvalue weighted by Gasteiger charge is -2.19. The number of benzene rings is 3. The first-order valence-electron chi connectivity index (χ1n) is 10.9. The lowest BCUT2D eigenvalue weighted by atomic mass is 10.0. The van der Waals surface area contributed by atoms with Crippen molar-refractivity contribution >= 4 is 5.91 Å². The number of unbranched alkanes of at least 4 members (excludes halogenated alkanes) is 1. The first-order chi connectivity index (χ1) is 15.7. The molecular weight excluding hydrogens is 401 g/mol. The molecule has 1 heterocycles. The van der Waals surface area contributed by atoms with Gasteiger partial charge in [-0.05, 0) is 24.1 Å². The van der Waals surface area contributed by atoms with Gasteiger partial charge in [0.2, 0.25) is 0 Å². The Kier molecular flexibility index (Phi) is 6.75. The number of hydrogen-bond acceptors (Lipinski definition) is 2. The topological polar surface area (TPSA) is 57.8 Å². The molecule has 5 heteroatoms. The number of halogens is 1. The first kappa shape index (κ1) is 21.5. The second kappa shape index (κ2) is 10.1. The van der Waals surface area contributed by atoms with Crippen molar-refractivity contribution in [3.8, 4) is 22.6 Å². The van der Waals surface area contributed by atoms with Crippen LogP contribution in [0.2, 0.25) is 0 Å². The molecule has 4 rings (SSSR count). The number of H-pyrrole nitrogens is 1. The summed E-state index contributed by atoms with van der Waals surface area (Å²) in [6.45, 7) is 2.13. The van der Waals surface area contributed by atoms with Crippen molar-refractivity contribution in [1.82, 2.24) is 15.3 Å². The number of nitrogens with zero attached hydrogens (tertiary/aromatic N) is 1. The summed E-state index contributed by atoms with van der Waals surface area (Å²) in [5.74, 6) is -0.0630. The van der Waals surface area contributed by atoms with Gasteiger partial charge in [0.1, 0.15) is 23.0 Å². The van der Waals surface area contributed by atoms with Crippen molar-refractivity contribution in [3.63, 3.8) is 0 Å². The number of aromatic amines is 1. The highest BCUT2D eigenvalue weighted by atomic mass is 19.1. The maximum absolute atomic E-state index is 13.9. The predicted octanol–water partition coefficient (Wildman–Crippen LogP) is 6.54. The third kappa shape index (κ3) is 4.94. The van der Waals surface area contributed by atoms with E-state index in [0.29, 0.717) is 22.8 Å². The number of amides is 1. The van der Waals surface area contributed by atoms with Crippen LogP contribution < -0.4 is 5.32 Å². The van der Waals surface area contributed by atoms with Gasteiger partial charge in [-0.2, -0.15) is 0 Å². The third-order valence-corrected chi connectivity index (χ3v) is 5.43. The Morgan fingerprint density at radius 2 is 1.66 bits per heavy atom. The number of imidazole rings is 1. The number of carbonyl (C=O) groups is 1. The van der Waals surface area contributed by atoms with Crippen LogP contribution in [0.4, 0.5) is 4.39 Å². The van der Waals surface area contributed by atoms with Crippen molar-refractivity contribution < 1.29 is 9.18 Å². The molecule has 0 aliphatic carbocycles. The Morgan fingerprint density at radius 1 is 0.969 bits per heavy atom. The van der Waals surface area contributed by atoms with Crippen molar-refractivity contribution in [2.45, 2.75) is 32.2 Å². The smallest absolute Gasteiger partial charge is 0.270 e. The van der Waals surface area contributed by atoms with Gasteiger partial charge >= 0.3 is 0 Å². The molecule has 0 fully saturated rings. The van der Waals surface area contributed by atoms with Crippen LogP contribution in [0.15, 0.2) is 84.9 Å². The number of hydrogen-bond donors (Lipinski definition) is 2. The SMILES string of the molecule is CCCCC(NC(=O)c1[nH]c(-c2ccccc2)nc1-c1cccc(F)c1)c1ccccc1. The standard InChI is InChI=1S/C27H26FN3O/c1-2-3-17-23(19-11-6-4-7-12-19)29-27(32)25-24(21-15-10-16-22(28)18-21)30-26(31-25)20-13-8-5-9-14-20/h4-16,18,23H,2-3,17H2,1H3,(H,29,32)(H,30,31). The average molecular weight is 428 g/mol. The Hall–Kier alpha value is -3.73. The van der Waals surface area contributed by atoms with E-state index in [0.717, 1.165) is 30.4 Å². The second-order valence-electron chi connectivity index (χ2n) is 7.76. The van der Waals surface area contributed by atoms with E-state index in [1.807, 2.05) is 60.7 Å². The third-order valence-electron chi connectivity index (χ3n) is 5.43. The fourth-order valence-corrected chi connectivity index (χ4v) is 3.76. The highest BCUT2D eigenvalue weighted by Crippen LogP contribution is 2.28. The van der Waals surface area contributed by atoms with Gasteiger partial charge < -0.3 is 10.3 Å². The average Bonchev–Trinajstić information content (AvgIpc) is 3.29. The van der Waals surface area contributed by atoms with E-state index in [-0.39, 0.29) is 17.8 Å². The summed E-state index contributed by atoms with van der Waals surface area (Å²) in [6, 6.07) is 25.6. The van der Waals surface area contributed by atoms with Crippen LogP contribution in [-0.4, -0.2) is 15.9 Å². The van der Waals surface area contributed by atoms with Gasteiger partial charge in [0, 0.05) is 11.1 Å². The van der Waals surface area contributed by atoms with Crippen molar-refractivity contribution in [3.05, 3.63) is 102 Å². The molecule has 0 aliphatic rings.